The van der Waals surface area contributed by atoms with Crippen LogP contribution in [-0.2, 0) is 4.74 Å². The van der Waals surface area contributed by atoms with E-state index in [1.54, 1.807) is 11.3 Å². The lowest BCUT2D eigenvalue weighted by atomic mass is 10.2. The van der Waals surface area contributed by atoms with E-state index in [0.717, 1.165) is 35.5 Å². The quantitative estimate of drug-likeness (QED) is 0.860. The van der Waals surface area contributed by atoms with Crippen LogP contribution in [0.3, 0.4) is 0 Å². The minimum absolute atomic E-state index is 0.654. The van der Waals surface area contributed by atoms with Gasteiger partial charge in [0.1, 0.15) is 0 Å². The fourth-order valence-corrected chi connectivity index (χ4v) is 3.36. The van der Waals surface area contributed by atoms with Crippen LogP contribution in [0.1, 0.15) is 12.8 Å². The van der Waals surface area contributed by atoms with Crippen LogP contribution in [0, 0.1) is 0 Å². The smallest absolute Gasteiger partial charge is 0.206 e. The molecule has 2 rings (SSSR count). The van der Waals surface area contributed by atoms with Crippen molar-refractivity contribution in [2.24, 2.45) is 0 Å². The topological polar surface area (TPSA) is 47.0 Å². The zero-order valence-corrected chi connectivity index (χ0v) is 9.66. The van der Waals surface area contributed by atoms with Gasteiger partial charge in [0.05, 0.1) is 0 Å². The van der Waals surface area contributed by atoms with Crippen molar-refractivity contribution in [3.8, 4) is 0 Å². The van der Waals surface area contributed by atoms with Crippen molar-refractivity contribution < 1.29 is 4.74 Å². The molecular formula is C8H13N3OS2. The highest BCUT2D eigenvalue weighted by Gasteiger charge is 2.17. The molecule has 1 N–H and O–H groups in total. The first-order valence-corrected chi connectivity index (χ1v) is 6.34. The minimum Gasteiger partial charge on any atom is -0.381 e. The molecule has 1 saturated heterocycles. The summed E-state index contributed by atoms with van der Waals surface area (Å²) in [4.78, 5) is 0. The molecule has 1 aromatic heterocycles. The normalized spacial score (nSPS) is 18.4. The second-order valence-electron chi connectivity index (χ2n) is 3.05. The molecular weight excluding hydrogens is 218 g/mol. The third-order valence-corrected chi connectivity index (χ3v) is 4.42. The molecule has 1 aliphatic rings. The van der Waals surface area contributed by atoms with E-state index in [1.807, 2.05) is 18.8 Å². The second-order valence-corrected chi connectivity index (χ2v) is 5.58. The Morgan fingerprint density at radius 2 is 2.21 bits per heavy atom. The molecule has 0 aromatic carbocycles. The van der Waals surface area contributed by atoms with Gasteiger partial charge in [-0.25, -0.2) is 0 Å². The molecule has 14 heavy (non-hydrogen) atoms. The lowest BCUT2D eigenvalue weighted by Gasteiger charge is -2.19. The van der Waals surface area contributed by atoms with Crippen LogP contribution in [0.4, 0.5) is 5.13 Å². The third-order valence-electron chi connectivity index (χ3n) is 2.06. The molecule has 0 unspecified atom stereocenters. The van der Waals surface area contributed by atoms with Gasteiger partial charge in [-0.3, -0.25) is 0 Å². The van der Waals surface area contributed by atoms with Gasteiger partial charge in [0, 0.05) is 25.5 Å². The first kappa shape index (κ1) is 10.2. The van der Waals surface area contributed by atoms with E-state index < -0.39 is 0 Å². The van der Waals surface area contributed by atoms with Gasteiger partial charge in [0.2, 0.25) is 5.13 Å². The molecule has 1 aromatic rings. The van der Waals surface area contributed by atoms with Crippen molar-refractivity contribution in [1.29, 1.82) is 0 Å². The SMILES string of the molecule is CNc1nnc(SC2CCOCC2)s1. The lowest BCUT2D eigenvalue weighted by molar-refractivity contribution is 0.100. The first-order valence-electron chi connectivity index (χ1n) is 4.64. The van der Waals surface area contributed by atoms with Crippen LogP contribution >= 0.6 is 23.1 Å². The van der Waals surface area contributed by atoms with Crippen molar-refractivity contribution in [1.82, 2.24) is 10.2 Å². The van der Waals surface area contributed by atoms with Crippen LogP contribution in [-0.4, -0.2) is 35.7 Å². The molecule has 4 nitrogen and oxygen atoms in total. The molecule has 0 atom stereocenters. The maximum Gasteiger partial charge on any atom is 0.206 e. The van der Waals surface area contributed by atoms with Crippen molar-refractivity contribution in [3.63, 3.8) is 0 Å². The molecule has 0 radical (unpaired) electrons. The van der Waals surface area contributed by atoms with Gasteiger partial charge in [0.25, 0.3) is 0 Å². The number of aromatic nitrogens is 2. The van der Waals surface area contributed by atoms with Gasteiger partial charge in [-0.05, 0) is 12.8 Å². The summed E-state index contributed by atoms with van der Waals surface area (Å²) in [5.74, 6) is 0. The largest absolute Gasteiger partial charge is 0.381 e. The number of hydrogen-bond acceptors (Lipinski definition) is 6. The number of hydrogen-bond donors (Lipinski definition) is 1. The van der Waals surface area contributed by atoms with Crippen molar-refractivity contribution >= 4 is 28.2 Å². The summed E-state index contributed by atoms with van der Waals surface area (Å²) in [6, 6.07) is 0. The van der Waals surface area contributed by atoms with Crippen molar-refractivity contribution in [3.05, 3.63) is 0 Å². The summed E-state index contributed by atoms with van der Waals surface area (Å²) < 4.78 is 6.36. The van der Waals surface area contributed by atoms with Crippen molar-refractivity contribution in [2.75, 3.05) is 25.6 Å². The number of anilines is 1. The van der Waals surface area contributed by atoms with Gasteiger partial charge in [0.15, 0.2) is 4.34 Å². The molecule has 0 bridgehead atoms. The number of ether oxygens (including phenoxy) is 1. The van der Waals surface area contributed by atoms with Gasteiger partial charge in [-0.1, -0.05) is 23.1 Å². The molecule has 78 valence electrons. The first-order chi connectivity index (χ1) is 6.88. The Bertz CT molecular complexity index is 286. The minimum atomic E-state index is 0.654. The zero-order valence-electron chi connectivity index (χ0n) is 8.02. The molecule has 6 heteroatoms. The highest BCUT2D eigenvalue weighted by Crippen LogP contribution is 2.32. The van der Waals surface area contributed by atoms with E-state index in [0.29, 0.717) is 5.25 Å². The summed E-state index contributed by atoms with van der Waals surface area (Å²) in [5.41, 5.74) is 0. The molecule has 0 aliphatic carbocycles. The fourth-order valence-electron chi connectivity index (χ4n) is 1.29. The Balaban J connectivity index is 1.89. The Kier molecular flexibility index (Phi) is 3.61. The van der Waals surface area contributed by atoms with Crippen LogP contribution < -0.4 is 5.32 Å². The molecule has 0 saturated carbocycles. The Hall–Kier alpha value is -0.330. The Labute approximate surface area is 91.4 Å². The number of nitrogens with one attached hydrogen (secondary N) is 1. The summed E-state index contributed by atoms with van der Waals surface area (Å²) in [5, 5.41) is 12.6. The van der Waals surface area contributed by atoms with Crippen LogP contribution in [0.25, 0.3) is 0 Å². The maximum absolute atomic E-state index is 5.31. The van der Waals surface area contributed by atoms with Crippen molar-refractivity contribution in [2.45, 2.75) is 22.4 Å². The Morgan fingerprint density at radius 1 is 1.43 bits per heavy atom. The highest BCUT2D eigenvalue weighted by atomic mass is 32.2. The van der Waals surface area contributed by atoms with Crippen LogP contribution in [0.5, 0.6) is 0 Å². The number of thioether (sulfide) groups is 1. The summed E-state index contributed by atoms with van der Waals surface area (Å²) in [6.45, 7) is 1.77. The van der Waals surface area contributed by atoms with E-state index in [2.05, 4.69) is 15.5 Å². The van der Waals surface area contributed by atoms with Gasteiger partial charge < -0.3 is 10.1 Å². The molecule has 0 spiro atoms. The molecule has 1 fully saturated rings. The lowest BCUT2D eigenvalue weighted by Crippen LogP contribution is -2.17. The van der Waals surface area contributed by atoms with E-state index in [1.165, 1.54) is 0 Å². The second kappa shape index (κ2) is 4.95. The summed E-state index contributed by atoms with van der Waals surface area (Å²) in [6.07, 6.45) is 2.25. The van der Waals surface area contributed by atoms with E-state index >= 15 is 0 Å². The predicted molar refractivity (Wildman–Crippen MR) is 59.2 cm³/mol. The average Bonchev–Trinajstić information content (AvgIpc) is 2.67. The van der Waals surface area contributed by atoms with Crippen LogP contribution in [0.15, 0.2) is 4.34 Å². The van der Waals surface area contributed by atoms with E-state index in [9.17, 15) is 0 Å². The fraction of sp³-hybridized carbons (Fsp3) is 0.750. The zero-order chi connectivity index (χ0) is 9.80. The number of rotatable bonds is 3. The average molecular weight is 231 g/mol. The monoisotopic (exact) mass is 231 g/mol. The highest BCUT2D eigenvalue weighted by molar-refractivity contribution is 8.01. The summed E-state index contributed by atoms with van der Waals surface area (Å²) in [7, 11) is 1.86. The van der Waals surface area contributed by atoms with Gasteiger partial charge in [-0.15, -0.1) is 10.2 Å². The van der Waals surface area contributed by atoms with E-state index in [4.69, 9.17) is 4.74 Å². The van der Waals surface area contributed by atoms with E-state index in [-0.39, 0.29) is 0 Å². The maximum atomic E-state index is 5.31. The third kappa shape index (κ3) is 2.59. The van der Waals surface area contributed by atoms with Gasteiger partial charge in [-0.2, -0.15) is 0 Å². The number of nitrogens with zero attached hydrogens (tertiary/aromatic N) is 2. The predicted octanol–water partition coefficient (Wildman–Crippen LogP) is 1.85. The van der Waals surface area contributed by atoms with Crippen LogP contribution in [0.2, 0.25) is 0 Å². The molecule has 0 amide bonds. The molecule has 1 aliphatic heterocycles. The Morgan fingerprint density at radius 3 is 2.86 bits per heavy atom. The summed E-state index contributed by atoms with van der Waals surface area (Å²) >= 11 is 3.44. The standard InChI is InChI=1S/C8H13N3OS2/c1-9-7-10-11-8(14-7)13-6-2-4-12-5-3-6/h6H,2-5H2,1H3,(H,9,10). The van der Waals surface area contributed by atoms with Gasteiger partial charge >= 0.3 is 0 Å². The molecule has 2 heterocycles.